The number of carboxylic acid groups (broad SMARTS) is 1. The zero-order valence-electron chi connectivity index (χ0n) is 12.9. The van der Waals surface area contributed by atoms with Crippen LogP contribution < -0.4 is 5.11 Å². The van der Waals surface area contributed by atoms with Crippen LogP contribution in [-0.4, -0.2) is 25.7 Å². The Hall–Kier alpha value is -3.20. The van der Waals surface area contributed by atoms with Gasteiger partial charge < -0.3 is 14.5 Å². The monoisotopic (exact) mass is 355 g/mol. The van der Waals surface area contributed by atoms with Crippen molar-refractivity contribution in [3.8, 4) is 11.4 Å². The van der Waals surface area contributed by atoms with E-state index in [1.807, 2.05) is 30.3 Å². The van der Waals surface area contributed by atoms with Crippen LogP contribution in [-0.2, 0) is 7.05 Å². The summed E-state index contributed by atoms with van der Waals surface area (Å²) in [5.41, 5.74) is 0.293. The highest BCUT2D eigenvalue weighted by atomic mass is 32.2. The van der Waals surface area contributed by atoms with Crippen molar-refractivity contribution in [3.05, 3.63) is 64.2 Å². The quantitative estimate of drug-likeness (QED) is 0.507. The van der Waals surface area contributed by atoms with Crippen molar-refractivity contribution in [3.63, 3.8) is 0 Å². The zero-order chi connectivity index (χ0) is 18.0. The van der Waals surface area contributed by atoms with Crippen molar-refractivity contribution >= 4 is 23.4 Å². The van der Waals surface area contributed by atoms with Gasteiger partial charge in [0.05, 0.1) is 15.8 Å². The lowest BCUT2D eigenvalue weighted by molar-refractivity contribution is -0.387. The number of carbonyl (C=O) groups excluding carboxylic acids is 1. The van der Waals surface area contributed by atoms with Crippen molar-refractivity contribution in [2.24, 2.45) is 7.05 Å². The number of aromatic nitrogens is 3. The van der Waals surface area contributed by atoms with Crippen LogP contribution in [0.25, 0.3) is 11.4 Å². The summed E-state index contributed by atoms with van der Waals surface area (Å²) in [4.78, 5) is 21.8. The van der Waals surface area contributed by atoms with Gasteiger partial charge in [0.1, 0.15) is 0 Å². The van der Waals surface area contributed by atoms with Gasteiger partial charge in [-0.05, 0) is 17.8 Å². The standard InChI is InChI=1S/C16H12N4O4S/c1-19-14(10-5-3-2-4-6-10)17-18-16(19)25-13-8-7-11(15(21)22)9-12(13)20(23)24/h2-9H,1H3,(H,21,22)/p-1. The highest BCUT2D eigenvalue weighted by Crippen LogP contribution is 2.35. The molecule has 0 saturated carbocycles. The summed E-state index contributed by atoms with van der Waals surface area (Å²) in [5.74, 6) is -0.846. The first-order chi connectivity index (χ1) is 12.0. The van der Waals surface area contributed by atoms with E-state index in [1.54, 1.807) is 11.6 Å². The minimum Gasteiger partial charge on any atom is -0.545 e. The van der Waals surface area contributed by atoms with E-state index in [0.29, 0.717) is 11.0 Å². The fraction of sp³-hybridized carbons (Fsp3) is 0.0625. The van der Waals surface area contributed by atoms with Gasteiger partial charge in [-0.3, -0.25) is 10.1 Å². The molecule has 126 valence electrons. The third-order valence-electron chi connectivity index (χ3n) is 3.46. The molecular formula is C16H11N4O4S-. The summed E-state index contributed by atoms with van der Waals surface area (Å²) in [7, 11) is 1.76. The topological polar surface area (TPSA) is 114 Å². The van der Waals surface area contributed by atoms with Gasteiger partial charge in [0.15, 0.2) is 11.0 Å². The number of carboxylic acids is 1. The molecule has 0 amide bonds. The smallest absolute Gasteiger partial charge is 0.284 e. The second kappa shape index (κ2) is 6.73. The average Bonchev–Trinajstić information content (AvgIpc) is 2.96. The van der Waals surface area contributed by atoms with Gasteiger partial charge in [0, 0.05) is 24.2 Å². The van der Waals surface area contributed by atoms with Crippen molar-refractivity contribution in [2.45, 2.75) is 10.1 Å². The average molecular weight is 355 g/mol. The minimum absolute atomic E-state index is 0.251. The van der Waals surface area contributed by atoms with Gasteiger partial charge in [-0.1, -0.05) is 36.4 Å². The molecule has 0 aliphatic heterocycles. The van der Waals surface area contributed by atoms with Crippen LogP contribution in [0, 0.1) is 10.1 Å². The molecule has 3 rings (SSSR count). The Labute approximate surface area is 146 Å². The molecule has 0 aliphatic carbocycles. The number of carbonyl (C=O) groups is 1. The lowest BCUT2D eigenvalue weighted by atomic mass is 10.2. The molecule has 1 aromatic heterocycles. The van der Waals surface area contributed by atoms with Crippen LogP contribution >= 0.6 is 11.8 Å². The molecule has 0 aliphatic rings. The molecule has 0 atom stereocenters. The predicted octanol–water partition coefficient (Wildman–Crippen LogP) is 1.90. The number of benzene rings is 2. The van der Waals surface area contributed by atoms with Crippen LogP contribution in [0.4, 0.5) is 5.69 Å². The van der Waals surface area contributed by atoms with Crippen molar-refractivity contribution < 1.29 is 14.8 Å². The summed E-state index contributed by atoms with van der Waals surface area (Å²) < 4.78 is 1.72. The SMILES string of the molecule is Cn1c(Sc2ccc(C(=O)[O-])cc2[N+](=O)[O-])nnc1-c1ccccc1. The Morgan fingerprint density at radius 2 is 1.88 bits per heavy atom. The molecule has 0 saturated heterocycles. The number of nitro benzene ring substituents is 1. The number of rotatable bonds is 5. The Bertz CT molecular complexity index is 956. The summed E-state index contributed by atoms with van der Waals surface area (Å²) in [5, 5.41) is 30.8. The van der Waals surface area contributed by atoms with Gasteiger partial charge in [-0.15, -0.1) is 10.2 Å². The first kappa shape index (κ1) is 16.7. The Morgan fingerprint density at radius 3 is 2.52 bits per heavy atom. The van der Waals surface area contributed by atoms with Crippen LogP contribution in [0.5, 0.6) is 0 Å². The third kappa shape index (κ3) is 3.36. The molecule has 0 bridgehead atoms. The molecule has 0 spiro atoms. The van der Waals surface area contributed by atoms with E-state index < -0.39 is 10.9 Å². The van der Waals surface area contributed by atoms with E-state index in [4.69, 9.17) is 0 Å². The Kier molecular flexibility index (Phi) is 4.48. The molecule has 2 aromatic carbocycles. The zero-order valence-corrected chi connectivity index (χ0v) is 13.8. The van der Waals surface area contributed by atoms with Gasteiger partial charge in [-0.2, -0.15) is 0 Å². The third-order valence-corrected chi connectivity index (χ3v) is 4.56. The fourth-order valence-electron chi connectivity index (χ4n) is 2.21. The molecule has 3 aromatic rings. The predicted molar refractivity (Wildman–Crippen MR) is 88.0 cm³/mol. The molecule has 25 heavy (non-hydrogen) atoms. The maximum absolute atomic E-state index is 11.2. The highest BCUT2D eigenvalue weighted by Gasteiger charge is 2.19. The molecule has 0 fully saturated rings. The molecular weight excluding hydrogens is 344 g/mol. The van der Waals surface area contributed by atoms with Crippen molar-refractivity contribution in [1.82, 2.24) is 14.8 Å². The number of nitro groups is 1. The lowest BCUT2D eigenvalue weighted by Gasteiger charge is -2.07. The first-order valence-corrected chi connectivity index (χ1v) is 7.91. The molecule has 0 N–H and O–H groups in total. The summed E-state index contributed by atoms with van der Waals surface area (Å²) in [6.07, 6.45) is 0. The second-order valence-electron chi connectivity index (χ2n) is 5.06. The summed E-state index contributed by atoms with van der Waals surface area (Å²) in [6, 6.07) is 13.0. The van der Waals surface area contributed by atoms with Crippen LogP contribution in [0.3, 0.4) is 0 Å². The van der Waals surface area contributed by atoms with Gasteiger partial charge in [0.2, 0.25) is 0 Å². The van der Waals surface area contributed by atoms with Gasteiger partial charge >= 0.3 is 0 Å². The van der Waals surface area contributed by atoms with Crippen molar-refractivity contribution in [1.29, 1.82) is 0 Å². The van der Waals surface area contributed by atoms with Gasteiger partial charge in [0.25, 0.3) is 5.69 Å². The molecule has 0 radical (unpaired) electrons. The number of hydrogen-bond donors (Lipinski definition) is 0. The molecule has 0 unspecified atom stereocenters. The number of aromatic carboxylic acids is 1. The molecule has 8 nitrogen and oxygen atoms in total. The maximum Gasteiger partial charge on any atom is 0.284 e. The van der Waals surface area contributed by atoms with E-state index in [-0.39, 0.29) is 16.1 Å². The normalized spacial score (nSPS) is 10.6. The summed E-state index contributed by atoms with van der Waals surface area (Å²) in [6.45, 7) is 0. The van der Waals surface area contributed by atoms with E-state index in [2.05, 4.69) is 10.2 Å². The van der Waals surface area contributed by atoms with Gasteiger partial charge in [-0.25, -0.2) is 0 Å². The summed E-state index contributed by atoms with van der Waals surface area (Å²) >= 11 is 1.04. The fourth-order valence-corrected chi connectivity index (χ4v) is 3.09. The van der Waals surface area contributed by atoms with E-state index in [1.165, 1.54) is 12.1 Å². The maximum atomic E-state index is 11.2. The van der Waals surface area contributed by atoms with Crippen LogP contribution in [0.2, 0.25) is 0 Å². The molecule has 1 heterocycles. The second-order valence-corrected chi connectivity index (χ2v) is 6.07. The van der Waals surface area contributed by atoms with E-state index >= 15 is 0 Å². The van der Waals surface area contributed by atoms with Crippen molar-refractivity contribution in [2.75, 3.05) is 0 Å². The van der Waals surface area contributed by atoms with E-state index in [0.717, 1.165) is 23.4 Å². The minimum atomic E-state index is -1.47. The highest BCUT2D eigenvalue weighted by molar-refractivity contribution is 7.99. The van der Waals surface area contributed by atoms with Crippen LogP contribution in [0.1, 0.15) is 10.4 Å². The first-order valence-electron chi connectivity index (χ1n) is 7.10. The van der Waals surface area contributed by atoms with Crippen LogP contribution in [0.15, 0.2) is 58.6 Å². The number of nitrogens with zero attached hydrogens (tertiary/aromatic N) is 4. The van der Waals surface area contributed by atoms with E-state index in [9.17, 15) is 20.0 Å². The largest absolute Gasteiger partial charge is 0.545 e. The Balaban J connectivity index is 1.97. The number of hydrogen-bond acceptors (Lipinski definition) is 7. The molecule has 9 heteroatoms. The lowest BCUT2D eigenvalue weighted by Crippen LogP contribution is -2.22. The Morgan fingerprint density at radius 1 is 1.16 bits per heavy atom.